The number of hydrogen-bond donors (Lipinski definition) is 0. The van der Waals surface area contributed by atoms with Crippen molar-refractivity contribution in [2.24, 2.45) is 5.10 Å². The van der Waals surface area contributed by atoms with Crippen LogP contribution in [0, 0.1) is 0 Å². The average molecular weight is 322 g/mol. The van der Waals surface area contributed by atoms with Crippen LogP contribution in [-0.2, 0) is 4.79 Å². The molecule has 0 unspecified atom stereocenters. The van der Waals surface area contributed by atoms with Gasteiger partial charge in [-0.25, -0.2) is 0 Å². The van der Waals surface area contributed by atoms with Crippen molar-refractivity contribution in [3.05, 3.63) is 58.3 Å². The first-order valence-corrected chi connectivity index (χ1v) is 7.15. The molecule has 0 atom stereocenters. The van der Waals surface area contributed by atoms with E-state index in [0.717, 1.165) is 5.01 Å². The fraction of sp³-hybridized carbons (Fsp3) is 0.0667. The summed E-state index contributed by atoms with van der Waals surface area (Å²) in [5, 5.41) is 5.99. The molecular weight excluding hydrogens is 313 g/mol. The highest BCUT2D eigenvalue weighted by Gasteiger charge is 2.46. The van der Waals surface area contributed by atoms with Gasteiger partial charge in [-0.1, -0.05) is 24.3 Å². The number of hydrazone groups is 1. The lowest BCUT2D eigenvalue weighted by atomic mass is 10.1. The van der Waals surface area contributed by atoms with Gasteiger partial charge >= 0.3 is 6.18 Å². The maximum absolute atomic E-state index is 13.2. The van der Waals surface area contributed by atoms with E-state index in [1.807, 2.05) is 0 Å². The van der Waals surface area contributed by atoms with Crippen LogP contribution in [0.4, 0.5) is 18.9 Å². The summed E-state index contributed by atoms with van der Waals surface area (Å²) in [5.74, 6) is -0.785. The molecule has 1 aliphatic heterocycles. The molecule has 0 fully saturated rings. The molecule has 0 aliphatic carbocycles. The van der Waals surface area contributed by atoms with E-state index in [4.69, 9.17) is 0 Å². The summed E-state index contributed by atoms with van der Waals surface area (Å²) in [5.41, 5.74) is -1.32. The molecule has 7 heteroatoms. The fourth-order valence-electron chi connectivity index (χ4n) is 2.01. The van der Waals surface area contributed by atoms with E-state index in [1.54, 1.807) is 35.7 Å². The smallest absolute Gasteiger partial charge is 0.267 e. The minimum Gasteiger partial charge on any atom is -0.267 e. The number of carbonyl (C=O) groups is 1. The van der Waals surface area contributed by atoms with E-state index in [0.29, 0.717) is 10.6 Å². The maximum atomic E-state index is 13.2. The third-order valence-corrected chi connectivity index (χ3v) is 3.80. The molecule has 22 heavy (non-hydrogen) atoms. The van der Waals surface area contributed by atoms with E-state index in [-0.39, 0.29) is 0 Å². The largest absolute Gasteiger partial charge is 0.435 e. The summed E-state index contributed by atoms with van der Waals surface area (Å²) < 4.78 is 39.5. The van der Waals surface area contributed by atoms with E-state index < -0.39 is 23.4 Å². The zero-order valence-electron chi connectivity index (χ0n) is 11.0. The third-order valence-electron chi connectivity index (χ3n) is 2.98. The summed E-state index contributed by atoms with van der Waals surface area (Å²) in [6.45, 7) is 0. The Hall–Kier alpha value is -2.41. The summed E-state index contributed by atoms with van der Waals surface area (Å²) in [6, 6.07) is 11.4. The van der Waals surface area contributed by atoms with Crippen molar-refractivity contribution in [2.45, 2.75) is 6.18 Å². The van der Waals surface area contributed by atoms with Crippen molar-refractivity contribution in [3.8, 4) is 0 Å². The van der Waals surface area contributed by atoms with Gasteiger partial charge in [0.1, 0.15) is 0 Å². The number of carbonyl (C=O) groups excluding carboxylic acids is 1. The highest BCUT2D eigenvalue weighted by molar-refractivity contribution is 7.10. The molecule has 1 aliphatic rings. The van der Waals surface area contributed by atoms with Crippen LogP contribution in [0.1, 0.15) is 4.88 Å². The Morgan fingerprint density at radius 1 is 1.09 bits per heavy atom. The van der Waals surface area contributed by atoms with Crippen molar-refractivity contribution in [1.82, 2.24) is 0 Å². The Labute approximate surface area is 128 Å². The van der Waals surface area contributed by atoms with Crippen LogP contribution in [0.2, 0.25) is 0 Å². The second-order valence-electron chi connectivity index (χ2n) is 4.47. The zero-order chi connectivity index (χ0) is 15.7. The third kappa shape index (κ3) is 2.67. The Bertz CT molecular complexity index is 749. The van der Waals surface area contributed by atoms with Crippen molar-refractivity contribution in [2.75, 3.05) is 5.01 Å². The second-order valence-corrected chi connectivity index (χ2v) is 5.45. The van der Waals surface area contributed by atoms with Crippen LogP contribution in [0.5, 0.6) is 0 Å². The van der Waals surface area contributed by atoms with Gasteiger partial charge in [-0.3, -0.25) is 4.79 Å². The highest BCUT2D eigenvalue weighted by Crippen LogP contribution is 2.32. The predicted molar refractivity (Wildman–Crippen MR) is 79.7 cm³/mol. The molecule has 1 amide bonds. The van der Waals surface area contributed by atoms with Crippen molar-refractivity contribution in [1.29, 1.82) is 0 Å². The monoisotopic (exact) mass is 322 g/mol. The van der Waals surface area contributed by atoms with Gasteiger partial charge in [0.2, 0.25) is 0 Å². The summed E-state index contributed by atoms with van der Waals surface area (Å²) >= 11 is 1.25. The van der Waals surface area contributed by atoms with E-state index in [9.17, 15) is 18.0 Å². The van der Waals surface area contributed by atoms with Gasteiger partial charge in [0.05, 0.1) is 11.3 Å². The van der Waals surface area contributed by atoms with Gasteiger partial charge in [-0.15, -0.1) is 11.3 Å². The Morgan fingerprint density at radius 2 is 1.82 bits per heavy atom. The van der Waals surface area contributed by atoms with Gasteiger partial charge < -0.3 is 0 Å². The highest BCUT2D eigenvalue weighted by atomic mass is 32.1. The van der Waals surface area contributed by atoms with Crippen molar-refractivity contribution < 1.29 is 18.0 Å². The molecule has 2 heterocycles. The van der Waals surface area contributed by atoms with E-state index >= 15 is 0 Å². The fourth-order valence-corrected chi connectivity index (χ4v) is 2.67. The van der Waals surface area contributed by atoms with Crippen molar-refractivity contribution >= 4 is 34.7 Å². The SMILES string of the molecule is O=C1/C(=C\c2cccs2)C(C(F)(F)F)=NN1c1ccccc1. The molecule has 0 saturated heterocycles. The van der Waals surface area contributed by atoms with Crippen molar-refractivity contribution in [3.63, 3.8) is 0 Å². The number of anilines is 1. The van der Waals surface area contributed by atoms with Crippen LogP contribution in [0.3, 0.4) is 0 Å². The number of benzene rings is 1. The number of thiophene rings is 1. The van der Waals surface area contributed by atoms with Crippen LogP contribution >= 0.6 is 11.3 Å². The van der Waals surface area contributed by atoms with Gasteiger partial charge in [0.15, 0.2) is 5.71 Å². The summed E-state index contributed by atoms with van der Waals surface area (Å²) in [4.78, 5) is 12.9. The lowest BCUT2D eigenvalue weighted by Gasteiger charge is -2.10. The number of para-hydroxylation sites is 1. The maximum Gasteiger partial charge on any atom is 0.435 e. The Kier molecular flexibility index (Phi) is 3.58. The van der Waals surface area contributed by atoms with Gasteiger partial charge in [-0.2, -0.15) is 23.3 Å². The van der Waals surface area contributed by atoms with Crippen LogP contribution in [-0.4, -0.2) is 17.8 Å². The zero-order valence-corrected chi connectivity index (χ0v) is 11.9. The molecule has 2 aromatic rings. The number of nitrogens with zero attached hydrogens (tertiary/aromatic N) is 2. The number of alkyl halides is 3. The Balaban J connectivity index is 2.07. The molecule has 0 bridgehead atoms. The minimum atomic E-state index is -4.69. The lowest BCUT2D eigenvalue weighted by Crippen LogP contribution is -2.25. The first kappa shape index (κ1) is 14.5. The van der Waals surface area contributed by atoms with Crippen LogP contribution < -0.4 is 5.01 Å². The number of hydrogen-bond acceptors (Lipinski definition) is 3. The Morgan fingerprint density at radius 3 is 2.41 bits per heavy atom. The molecular formula is C15H9F3N2OS. The molecule has 112 valence electrons. The molecule has 0 N–H and O–H groups in total. The number of halogens is 3. The second kappa shape index (κ2) is 5.42. The van der Waals surface area contributed by atoms with Gasteiger partial charge in [0.25, 0.3) is 5.91 Å². The first-order valence-electron chi connectivity index (χ1n) is 6.28. The quantitative estimate of drug-likeness (QED) is 0.766. The van der Waals surface area contributed by atoms with Gasteiger partial charge in [-0.05, 0) is 29.7 Å². The number of amides is 1. The van der Waals surface area contributed by atoms with E-state index in [2.05, 4.69) is 5.10 Å². The molecule has 1 aromatic carbocycles. The normalized spacial score (nSPS) is 17.2. The van der Waals surface area contributed by atoms with Crippen LogP contribution in [0.15, 0.2) is 58.5 Å². The summed E-state index contributed by atoms with van der Waals surface area (Å²) in [6.07, 6.45) is -3.47. The van der Waals surface area contributed by atoms with Gasteiger partial charge in [0, 0.05) is 4.88 Å². The van der Waals surface area contributed by atoms with E-state index in [1.165, 1.54) is 29.5 Å². The molecule has 0 radical (unpaired) electrons. The number of rotatable bonds is 2. The lowest BCUT2D eigenvalue weighted by molar-refractivity contribution is -0.114. The standard InChI is InChI=1S/C15H9F3N2OS/c16-15(17,18)13-12(9-11-7-4-8-22-11)14(21)20(19-13)10-5-2-1-3-6-10/h1-9H/b12-9-. The molecule has 0 spiro atoms. The molecule has 3 nitrogen and oxygen atoms in total. The van der Waals surface area contributed by atoms with Crippen LogP contribution in [0.25, 0.3) is 6.08 Å². The molecule has 1 aromatic heterocycles. The molecule has 0 saturated carbocycles. The molecule has 3 rings (SSSR count). The predicted octanol–water partition coefficient (Wildman–Crippen LogP) is 4.10. The summed E-state index contributed by atoms with van der Waals surface area (Å²) in [7, 11) is 0. The minimum absolute atomic E-state index is 0.295. The first-order chi connectivity index (χ1) is 10.5. The average Bonchev–Trinajstić information content (AvgIpc) is 3.09. The topological polar surface area (TPSA) is 32.7 Å².